The molecule has 0 saturated carbocycles. The Balaban J connectivity index is 1.12. The van der Waals surface area contributed by atoms with Crippen LogP contribution in [0, 0.1) is 0 Å². The van der Waals surface area contributed by atoms with Crippen molar-refractivity contribution in [1.29, 1.82) is 0 Å². The van der Waals surface area contributed by atoms with Gasteiger partial charge in [-0.05, 0) is 92.5 Å². The number of nitrogens with zero attached hydrogens (tertiary/aromatic N) is 2. The molecule has 1 atom stereocenters. The van der Waals surface area contributed by atoms with E-state index in [4.69, 9.17) is 9.98 Å². The number of fused-ring (bicyclic) bond motifs is 1. The van der Waals surface area contributed by atoms with E-state index in [0.29, 0.717) is 0 Å². The first-order chi connectivity index (χ1) is 28.7. The number of rotatable bonds is 8. The highest BCUT2D eigenvalue weighted by Crippen LogP contribution is 2.39. The van der Waals surface area contributed by atoms with Gasteiger partial charge in [-0.3, -0.25) is 4.99 Å². The fourth-order valence-corrected chi connectivity index (χ4v) is 7.88. The standard InChI is InChI=1S/C55H39N3/c1-6-16-38(17-7-1)42-26-28-43(29-27-42)52-36-47(41-22-12-4-13-23-41)37-53(56-52)48-32-46(40-20-10-3-11-21-40)33-49(34-48)55-57-51-31-30-45(39-18-8-2-9-19-39)35-50(51)54(58-55)44-24-14-5-15-25-44/h1-37,55,57H. The third kappa shape index (κ3) is 7.13. The SMILES string of the molecule is c1ccc(C2=NC(c3cc(-c4ccccc4)cc(-c4cc(-c5ccccc5)cc(-c5ccc(-c6ccccc6)cc5)n4)c3)Nc3ccc(-c4ccccc4)cc32)cc1. The van der Waals surface area contributed by atoms with E-state index < -0.39 is 0 Å². The second-order valence-corrected chi connectivity index (χ2v) is 14.7. The summed E-state index contributed by atoms with van der Waals surface area (Å²) in [6, 6.07) is 79.4. The first kappa shape index (κ1) is 34.8. The molecule has 9 aromatic rings. The summed E-state index contributed by atoms with van der Waals surface area (Å²) in [6.07, 6.45) is -0.338. The number of anilines is 1. The lowest BCUT2D eigenvalue weighted by Crippen LogP contribution is -2.21. The molecule has 0 fully saturated rings. The van der Waals surface area contributed by atoms with E-state index in [-0.39, 0.29) is 6.17 Å². The Kier molecular flexibility index (Phi) is 9.30. The molecule has 1 N–H and O–H groups in total. The summed E-state index contributed by atoms with van der Waals surface area (Å²) in [5.41, 5.74) is 18.4. The molecule has 274 valence electrons. The monoisotopic (exact) mass is 741 g/mol. The predicted molar refractivity (Wildman–Crippen MR) is 242 cm³/mol. The molecule has 1 aromatic heterocycles. The minimum Gasteiger partial charge on any atom is -0.360 e. The second kappa shape index (κ2) is 15.5. The van der Waals surface area contributed by atoms with Crippen LogP contribution < -0.4 is 5.32 Å². The zero-order valence-electron chi connectivity index (χ0n) is 31.8. The normalized spacial score (nSPS) is 13.2. The zero-order chi connectivity index (χ0) is 38.7. The molecule has 0 amide bonds. The van der Waals surface area contributed by atoms with E-state index in [2.05, 4.69) is 230 Å². The van der Waals surface area contributed by atoms with Gasteiger partial charge in [0.25, 0.3) is 0 Å². The van der Waals surface area contributed by atoms with E-state index >= 15 is 0 Å². The Hall–Kier alpha value is -7.62. The lowest BCUT2D eigenvalue weighted by molar-refractivity contribution is 0.829. The van der Waals surface area contributed by atoms with Crippen LogP contribution in [0.3, 0.4) is 0 Å². The van der Waals surface area contributed by atoms with Crippen LogP contribution in [-0.4, -0.2) is 10.7 Å². The van der Waals surface area contributed by atoms with E-state index in [1.165, 1.54) is 16.7 Å². The maximum Gasteiger partial charge on any atom is 0.145 e. The van der Waals surface area contributed by atoms with Crippen molar-refractivity contribution in [3.63, 3.8) is 0 Å². The molecule has 0 spiro atoms. The molecule has 3 heteroatoms. The molecule has 1 unspecified atom stereocenters. The van der Waals surface area contributed by atoms with Gasteiger partial charge in [0.1, 0.15) is 6.17 Å². The first-order valence-corrected chi connectivity index (χ1v) is 19.8. The molecular formula is C55H39N3. The van der Waals surface area contributed by atoms with Gasteiger partial charge in [-0.15, -0.1) is 0 Å². The van der Waals surface area contributed by atoms with Gasteiger partial charge in [0.05, 0.1) is 17.1 Å². The van der Waals surface area contributed by atoms with Gasteiger partial charge in [0.15, 0.2) is 0 Å². The average Bonchev–Trinajstić information content (AvgIpc) is 3.32. The van der Waals surface area contributed by atoms with E-state index in [1.54, 1.807) is 0 Å². The van der Waals surface area contributed by atoms with Crippen LogP contribution in [0.1, 0.15) is 22.9 Å². The highest BCUT2D eigenvalue weighted by molar-refractivity contribution is 6.17. The van der Waals surface area contributed by atoms with Gasteiger partial charge in [-0.25, -0.2) is 4.98 Å². The largest absolute Gasteiger partial charge is 0.360 e. The number of benzene rings is 8. The van der Waals surface area contributed by atoms with Crippen LogP contribution in [0.25, 0.3) is 67.0 Å². The number of pyridine rings is 1. The van der Waals surface area contributed by atoms with Gasteiger partial charge < -0.3 is 5.32 Å². The highest BCUT2D eigenvalue weighted by atomic mass is 15.1. The molecule has 8 aromatic carbocycles. The summed E-state index contributed by atoms with van der Waals surface area (Å²) in [4.78, 5) is 10.9. The number of hydrogen-bond donors (Lipinski definition) is 1. The fraction of sp³-hybridized carbons (Fsp3) is 0.0182. The average molecular weight is 742 g/mol. The number of hydrogen-bond acceptors (Lipinski definition) is 3. The van der Waals surface area contributed by atoms with Crippen molar-refractivity contribution in [2.75, 3.05) is 5.32 Å². The minimum absolute atomic E-state index is 0.338. The molecule has 3 nitrogen and oxygen atoms in total. The Morgan fingerprint density at radius 2 is 0.724 bits per heavy atom. The molecule has 0 radical (unpaired) electrons. The molecule has 0 saturated heterocycles. The Morgan fingerprint density at radius 3 is 1.29 bits per heavy atom. The second-order valence-electron chi connectivity index (χ2n) is 14.7. The molecular weight excluding hydrogens is 703 g/mol. The third-order valence-electron chi connectivity index (χ3n) is 10.9. The van der Waals surface area contributed by atoms with Crippen LogP contribution in [0.2, 0.25) is 0 Å². The fourth-order valence-electron chi connectivity index (χ4n) is 7.88. The van der Waals surface area contributed by atoms with Crippen molar-refractivity contribution in [3.8, 4) is 67.0 Å². The first-order valence-electron chi connectivity index (χ1n) is 19.8. The summed E-state index contributed by atoms with van der Waals surface area (Å²) >= 11 is 0. The van der Waals surface area contributed by atoms with Crippen LogP contribution in [0.15, 0.2) is 229 Å². The highest BCUT2D eigenvalue weighted by Gasteiger charge is 2.25. The van der Waals surface area contributed by atoms with Crippen LogP contribution in [-0.2, 0) is 0 Å². The van der Waals surface area contributed by atoms with Crippen molar-refractivity contribution >= 4 is 11.4 Å². The van der Waals surface area contributed by atoms with Crippen molar-refractivity contribution in [1.82, 2.24) is 4.98 Å². The lowest BCUT2D eigenvalue weighted by Gasteiger charge is -2.27. The third-order valence-corrected chi connectivity index (χ3v) is 10.9. The van der Waals surface area contributed by atoms with Crippen LogP contribution in [0.4, 0.5) is 5.69 Å². The van der Waals surface area contributed by atoms with Gasteiger partial charge in [-0.1, -0.05) is 182 Å². The number of nitrogens with one attached hydrogen (secondary N) is 1. The molecule has 10 rings (SSSR count). The maximum absolute atomic E-state index is 5.52. The molecule has 0 aliphatic carbocycles. The van der Waals surface area contributed by atoms with Crippen molar-refractivity contribution in [3.05, 3.63) is 241 Å². The smallest absolute Gasteiger partial charge is 0.145 e. The summed E-state index contributed by atoms with van der Waals surface area (Å²) in [5, 5.41) is 3.83. The van der Waals surface area contributed by atoms with E-state index in [1.807, 2.05) is 0 Å². The van der Waals surface area contributed by atoms with Crippen LogP contribution >= 0.6 is 0 Å². The summed E-state index contributed by atoms with van der Waals surface area (Å²) in [6.45, 7) is 0. The molecule has 0 bridgehead atoms. The van der Waals surface area contributed by atoms with E-state index in [0.717, 1.165) is 78.4 Å². The summed E-state index contributed by atoms with van der Waals surface area (Å²) < 4.78 is 0. The molecule has 1 aliphatic rings. The lowest BCUT2D eigenvalue weighted by atomic mass is 9.92. The van der Waals surface area contributed by atoms with Gasteiger partial charge in [-0.2, -0.15) is 0 Å². The van der Waals surface area contributed by atoms with E-state index in [9.17, 15) is 0 Å². The molecule has 2 heterocycles. The molecule has 58 heavy (non-hydrogen) atoms. The number of aromatic nitrogens is 1. The molecule has 1 aliphatic heterocycles. The minimum atomic E-state index is -0.338. The zero-order valence-corrected chi connectivity index (χ0v) is 31.8. The van der Waals surface area contributed by atoms with Crippen LogP contribution in [0.5, 0.6) is 0 Å². The predicted octanol–water partition coefficient (Wildman–Crippen LogP) is 14.0. The maximum atomic E-state index is 5.52. The van der Waals surface area contributed by atoms with Crippen molar-refractivity contribution in [2.24, 2.45) is 4.99 Å². The summed E-state index contributed by atoms with van der Waals surface area (Å²) in [5.74, 6) is 0. The topological polar surface area (TPSA) is 37.3 Å². The Morgan fingerprint density at radius 1 is 0.310 bits per heavy atom. The van der Waals surface area contributed by atoms with Gasteiger partial charge in [0, 0.05) is 27.9 Å². The van der Waals surface area contributed by atoms with Gasteiger partial charge in [0.2, 0.25) is 0 Å². The summed E-state index contributed by atoms with van der Waals surface area (Å²) in [7, 11) is 0. The van der Waals surface area contributed by atoms with Gasteiger partial charge >= 0.3 is 0 Å². The quantitative estimate of drug-likeness (QED) is 0.168. The Bertz CT molecular complexity index is 2870. The number of aliphatic imine (C=N–C) groups is 1. The van der Waals surface area contributed by atoms with Crippen molar-refractivity contribution in [2.45, 2.75) is 6.17 Å². The Labute approximate surface area is 339 Å². The van der Waals surface area contributed by atoms with Crippen molar-refractivity contribution < 1.29 is 0 Å².